The van der Waals surface area contributed by atoms with Crippen LogP contribution in [0, 0.1) is 0 Å². The second-order valence-corrected chi connectivity index (χ2v) is 2.29. The Kier molecular flexibility index (Phi) is 1.48. The van der Waals surface area contributed by atoms with Gasteiger partial charge in [-0.25, -0.2) is 9.67 Å². The number of nitrogens with zero attached hydrogens (tertiary/aromatic N) is 4. The topological polar surface area (TPSA) is 69.6 Å². The molecule has 0 saturated heterocycles. The van der Waals surface area contributed by atoms with E-state index in [1.165, 1.54) is 0 Å². The molecule has 2 rings (SSSR count). The number of nitrogens with two attached hydrogens (primary N) is 1. The molecule has 12 heavy (non-hydrogen) atoms. The Bertz CT molecular complexity index is 350. The van der Waals surface area contributed by atoms with Gasteiger partial charge in [0.25, 0.3) is 0 Å². The van der Waals surface area contributed by atoms with Crippen LogP contribution in [0.2, 0.25) is 0 Å². The number of hydrogen-bond donors (Lipinski definition) is 1. The summed E-state index contributed by atoms with van der Waals surface area (Å²) in [7, 11) is 0. The summed E-state index contributed by atoms with van der Waals surface area (Å²) in [6.07, 6.45) is 4.99. The third-order valence-electron chi connectivity index (χ3n) is 1.46. The van der Waals surface area contributed by atoms with E-state index in [1.54, 1.807) is 29.3 Å². The molecule has 0 saturated carbocycles. The minimum atomic E-state index is 0.499. The van der Waals surface area contributed by atoms with Crippen LogP contribution in [-0.4, -0.2) is 20.0 Å². The van der Waals surface area contributed by atoms with Crippen LogP contribution in [0.5, 0.6) is 0 Å². The quantitative estimate of drug-likeness (QED) is 0.650. The Hall–Kier alpha value is -1.91. The maximum absolute atomic E-state index is 5.42. The second-order valence-electron chi connectivity index (χ2n) is 2.29. The van der Waals surface area contributed by atoms with Gasteiger partial charge < -0.3 is 5.73 Å². The zero-order valence-electron chi connectivity index (χ0n) is 6.25. The molecular formula is C7H7N5. The van der Waals surface area contributed by atoms with Gasteiger partial charge in [-0.3, -0.25) is 0 Å². The van der Waals surface area contributed by atoms with Crippen LogP contribution in [0.3, 0.4) is 0 Å². The molecule has 0 aliphatic rings. The standard InChI is InChI=1S/C7H7N5/c8-7-2-1-6(5-9-7)12-4-3-10-11-12/h1-5H,(H2,8,9). The molecule has 2 aromatic heterocycles. The fourth-order valence-electron chi connectivity index (χ4n) is 0.879. The SMILES string of the molecule is Nc1ccc(-n2ccnn2)cn1. The first kappa shape index (κ1) is 6.78. The molecule has 0 aliphatic carbocycles. The summed E-state index contributed by atoms with van der Waals surface area (Å²) in [4.78, 5) is 3.92. The lowest BCUT2D eigenvalue weighted by atomic mass is 10.4. The van der Waals surface area contributed by atoms with Crippen LogP contribution in [-0.2, 0) is 0 Å². The Morgan fingerprint density at radius 2 is 2.25 bits per heavy atom. The summed E-state index contributed by atoms with van der Waals surface area (Å²) < 4.78 is 1.62. The van der Waals surface area contributed by atoms with E-state index in [0.717, 1.165) is 5.69 Å². The summed E-state index contributed by atoms with van der Waals surface area (Å²) in [5.74, 6) is 0.499. The van der Waals surface area contributed by atoms with E-state index in [9.17, 15) is 0 Å². The Balaban J connectivity index is 2.43. The minimum Gasteiger partial charge on any atom is -0.384 e. The van der Waals surface area contributed by atoms with Crippen LogP contribution in [0.25, 0.3) is 5.69 Å². The highest BCUT2D eigenvalue weighted by Crippen LogP contribution is 2.04. The first-order valence-corrected chi connectivity index (χ1v) is 3.44. The molecule has 0 aliphatic heterocycles. The van der Waals surface area contributed by atoms with Crippen molar-refractivity contribution in [1.29, 1.82) is 0 Å². The average Bonchev–Trinajstić information content (AvgIpc) is 2.58. The van der Waals surface area contributed by atoms with Gasteiger partial charge in [0.05, 0.1) is 24.3 Å². The van der Waals surface area contributed by atoms with E-state index in [0.29, 0.717) is 5.82 Å². The number of aromatic nitrogens is 4. The molecule has 0 atom stereocenters. The van der Waals surface area contributed by atoms with Gasteiger partial charge >= 0.3 is 0 Å². The van der Waals surface area contributed by atoms with Gasteiger partial charge in [-0.05, 0) is 12.1 Å². The summed E-state index contributed by atoms with van der Waals surface area (Å²) in [6.45, 7) is 0. The Morgan fingerprint density at radius 3 is 2.83 bits per heavy atom. The normalized spacial score (nSPS) is 10.0. The summed E-state index contributed by atoms with van der Waals surface area (Å²) in [5, 5.41) is 7.48. The number of pyridine rings is 1. The fourth-order valence-corrected chi connectivity index (χ4v) is 0.879. The number of rotatable bonds is 1. The van der Waals surface area contributed by atoms with E-state index >= 15 is 0 Å². The van der Waals surface area contributed by atoms with Crippen molar-refractivity contribution in [2.24, 2.45) is 0 Å². The van der Waals surface area contributed by atoms with Crippen molar-refractivity contribution in [2.75, 3.05) is 5.73 Å². The van der Waals surface area contributed by atoms with Crippen LogP contribution in [0.1, 0.15) is 0 Å². The van der Waals surface area contributed by atoms with E-state index in [-0.39, 0.29) is 0 Å². The van der Waals surface area contributed by atoms with Crippen molar-refractivity contribution >= 4 is 5.82 Å². The number of anilines is 1. The molecule has 0 aromatic carbocycles. The minimum absolute atomic E-state index is 0.499. The first-order chi connectivity index (χ1) is 5.86. The van der Waals surface area contributed by atoms with Crippen LogP contribution >= 0.6 is 0 Å². The molecule has 2 N–H and O–H groups in total. The Labute approximate surface area is 68.8 Å². The molecule has 2 aromatic rings. The predicted molar refractivity (Wildman–Crippen MR) is 43.6 cm³/mol. The smallest absolute Gasteiger partial charge is 0.123 e. The first-order valence-electron chi connectivity index (χ1n) is 3.44. The summed E-state index contributed by atoms with van der Waals surface area (Å²) >= 11 is 0. The molecule has 0 radical (unpaired) electrons. The van der Waals surface area contributed by atoms with Crippen LogP contribution in [0.4, 0.5) is 5.82 Å². The van der Waals surface area contributed by atoms with Crippen LogP contribution in [0.15, 0.2) is 30.7 Å². The molecule has 0 fully saturated rings. The highest BCUT2D eigenvalue weighted by atomic mass is 15.4. The predicted octanol–water partition coefficient (Wildman–Crippen LogP) is 0.244. The third-order valence-corrected chi connectivity index (χ3v) is 1.46. The largest absolute Gasteiger partial charge is 0.384 e. The van der Waals surface area contributed by atoms with Crippen LogP contribution < -0.4 is 5.73 Å². The van der Waals surface area contributed by atoms with Crippen molar-refractivity contribution in [3.8, 4) is 5.69 Å². The highest BCUT2D eigenvalue weighted by molar-refractivity contribution is 5.36. The maximum Gasteiger partial charge on any atom is 0.123 e. The monoisotopic (exact) mass is 161 g/mol. The molecule has 0 bridgehead atoms. The van der Waals surface area contributed by atoms with Crippen molar-refractivity contribution in [3.63, 3.8) is 0 Å². The van der Waals surface area contributed by atoms with Gasteiger partial charge in [0, 0.05) is 0 Å². The van der Waals surface area contributed by atoms with Gasteiger partial charge in [-0.15, -0.1) is 5.10 Å². The van der Waals surface area contributed by atoms with Gasteiger partial charge in [0.1, 0.15) is 5.82 Å². The zero-order chi connectivity index (χ0) is 8.39. The molecule has 5 heteroatoms. The van der Waals surface area contributed by atoms with E-state index in [1.807, 2.05) is 6.07 Å². The maximum atomic E-state index is 5.42. The Morgan fingerprint density at radius 1 is 1.33 bits per heavy atom. The van der Waals surface area contributed by atoms with Crippen molar-refractivity contribution in [1.82, 2.24) is 20.0 Å². The van der Waals surface area contributed by atoms with Gasteiger partial charge in [0.15, 0.2) is 0 Å². The highest BCUT2D eigenvalue weighted by Gasteiger charge is 1.95. The van der Waals surface area contributed by atoms with Gasteiger partial charge in [-0.2, -0.15) is 0 Å². The summed E-state index contributed by atoms with van der Waals surface area (Å²) in [5.41, 5.74) is 6.27. The molecule has 2 heterocycles. The van der Waals surface area contributed by atoms with E-state index < -0.39 is 0 Å². The molecule has 0 amide bonds. The van der Waals surface area contributed by atoms with Gasteiger partial charge in [0.2, 0.25) is 0 Å². The average molecular weight is 161 g/mol. The second kappa shape index (κ2) is 2.61. The van der Waals surface area contributed by atoms with Crippen molar-refractivity contribution < 1.29 is 0 Å². The zero-order valence-corrected chi connectivity index (χ0v) is 6.25. The summed E-state index contributed by atoms with van der Waals surface area (Å²) in [6, 6.07) is 3.55. The fraction of sp³-hybridized carbons (Fsp3) is 0. The number of nitrogen functional groups attached to an aromatic ring is 1. The number of hydrogen-bond acceptors (Lipinski definition) is 4. The molecule has 0 unspecified atom stereocenters. The third kappa shape index (κ3) is 1.12. The van der Waals surface area contributed by atoms with E-state index in [2.05, 4.69) is 15.3 Å². The molecule has 60 valence electrons. The van der Waals surface area contributed by atoms with Crippen molar-refractivity contribution in [2.45, 2.75) is 0 Å². The molecule has 5 nitrogen and oxygen atoms in total. The van der Waals surface area contributed by atoms with Crippen molar-refractivity contribution in [3.05, 3.63) is 30.7 Å². The van der Waals surface area contributed by atoms with Gasteiger partial charge in [-0.1, -0.05) is 5.21 Å². The molecule has 0 spiro atoms. The lowest BCUT2D eigenvalue weighted by Gasteiger charge is -1.98. The molecular weight excluding hydrogens is 154 g/mol. The lowest BCUT2D eigenvalue weighted by molar-refractivity contribution is 0.800. The lowest BCUT2D eigenvalue weighted by Crippen LogP contribution is -1.97. The van der Waals surface area contributed by atoms with E-state index in [4.69, 9.17) is 5.73 Å².